The molecule has 18 heavy (non-hydrogen) atoms. The fourth-order valence-electron chi connectivity index (χ4n) is 1.31. The Morgan fingerprint density at radius 3 is 1.28 bits per heavy atom. The molecular formula is C12H26O6. The molecule has 0 rings (SSSR count). The predicted molar refractivity (Wildman–Crippen MR) is 66.0 cm³/mol. The molecule has 0 aromatic carbocycles. The highest BCUT2D eigenvalue weighted by Gasteiger charge is 2.31. The maximum Gasteiger partial charge on any atom is 0.282 e. The van der Waals surface area contributed by atoms with Gasteiger partial charge < -0.3 is 29.5 Å². The summed E-state index contributed by atoms with van der Waals surface area (Å²) in [4.78, 5) is 0. The van der Waals surface area contributed by atoms with E-state index in [2.05, 4.69) is 0 Å². The number of hydrogen-bond acceptors (Lipinski definition) is 6. The quantitative estimate of drug-likeness (QED) is 0.327. The molecule has 110 valence electrons. The molecular weight excluding hydrogens is 240 g/mol. The first-order chi connectivity index (χ1) is 8.74. The normalized spacial score (nSPS) is 12.0. The van der Waals surface area contributed by atoms with Crippen molar-refractivity contribution >= 4 is 0 Å². The number of ether oxygens (including phenoxy) is 3. The van der Waals surface area contributed by atoms with Gasteiger partial charge in [0.25, 0.3) is 5.97 Å². The van der Waals surface area contributed by atoms with Gasteiger partial charge in [-0.05, 0) is 19.3 Å². The second-order valence-electron chi connectivity index (χ2n) is 3.81. The summed E-state index contributed by atoms with van der Waals surface area (Å²) in [6.45, 7) is 3.03. The van der Waals surface area contributed by atoms with Gasteiger partial charge in [-0.3, -0.25) is 0 Å². The zero-order valence-electron chi connectivity index (χ0n) is 11.1. The van der Waals surface area contributed by atoms with Gasteiger partial charge in [-0.15, -0.1) is 0 Å². The van der Waals surface area contributed by atoms with E-state index < -0.39 is 5.97 Å². The van der Waals surface area contributed by atoms with Crippen LogP contribution < -0.4 is 0 Å². The van der Waals surface area contributed by atoms with Crippen LogP contribution in [0.1, 0.15) is 32.6 Å². The Balaban J connectivity index is 4.20. The van der Waals surface area contributed by atoms with E-state index in [0.717, 1.165) is 0 Å². The molecule has 0 aromatic heterocycles. The largest absolute Gasteiger partial charge is 0.396 e. The molecule has 0 aliphatic heterocycles. The van der Waals surface area contributed by atoms with Gasteiger partial charge in [0.1, 0.15) is 0 Å². The predicted octanol–water partition coefficient (Wildman–Crippen LogP) is 0.247. The van der Waals surface area contributed by atoms with Crippen LogP contribution in [-0.2, 0) is 14.2 Å². The number of hydrogen-bond donors (Lipinski definition) is 3. The summed E-state index contributed by atoms with van der Waals surface area (Å²) in [7, 11) is 0. The van der Waals surface area contributed by atoms with Crippen LogP contribution in [0.25, 0.3) is 0 Å². The molecule has 0 fully saturated rings. The maximum atomic E-state index is 8.74. The highest BCUT2D eigenvalue weighted by molar-refractivity contribution is 4.56. The van der Waals surface area contributed by atoms with E-state index in [4.69, 9.17) is 29.5 Å². The average molecular weight is 266 g/mol. The lowest BCUT2D eigenvalue weighted by atomic mass is 10.3. The summed E-state index contributed by atoms with van der Waals surface area (Å²) >= 11 is 0. The minimum absolute atomic E-state index is 0.0487. The smallest absolute Gasteiger partial charge is 0.282 e. The minimum Gasteiger partial charge on any atom is -0.396 e. The maximum absolute atomic E-state index is 8.74. The molecule has 0 bridgehead atoms. The van der Waals surface area contributed by atoms with E-state index in [0.29, 0.717) is 45.5 Å². The third-order valence-electron chi connectivity index (χ3n) is 2.31. The highest BCUT2D eigenvalue weighted by atomic mass is 16.9. The third-order valence-corrected chi connectivity index (χ3v) is 2.31. The number of rotatable bonds is 13. The Morgan fingerprint density at radius 2 is 1.06 bits per heavy atom. The molecule has 0 aliphatic rings. The van der Waals surface area contributed by atoms with Crippen molar-refractivity contribution in [1.82, 2.24) is 0 Å². The van der Waals surface area contributed by atoms with Gasteiger partial charge in [0.05, 0.1) is 19.8 Å². The summed E-state index contributed by atoms with van der Waals surface area (Å²) < 4.78 is 16.6. The zero-order chi connectivity index (χ0) is 13.7. The van der Waals surface area contributed by atoms with Gasteiger partial charge in [-0.2, -0.15) is 0 Å². The van der Waals surface area contributed by atoms with Crippen molar-refractivity contribution in [1.29, 1.82) is 0 Å². The van der Waals surface area contributed by atoms with Crippen molar-refractivity contribution in [2.75, 3.05) is 39.6 Å². The van der Waals surface area contributed by atoms with Gasteiger partial charge >= 0.3 is 0 Å². The van der Waals surface area contributed by atoms with Crippen LogP contribution in [0.2, 0.25) is 0 Å². The average Bonchev–Trinajstić information content (AvgIpc) is 2.39. The summed E-state index contributed by atoms with van der Waals surface area (Å²) in [5.74, 6) is -1.14. The molecule has 0 atom stereocenters. The van der Waals surface area contributed by atoms with Crippen LogP contribution in [0, 0.1) is 0 Å². The Bertz CT molecular complexity index is 149. The number of aliphatic hydroxyl groups excluding tert-OH is 3. The first-order valence-corrected chi connectivity index (χ1v) is 6.49. The van der Waals surface area contributed by atoms with Gasteiger partial charge in [0.2, 0.25) is 0 Å². The molecule has 0 spiro atoms. The van der Waals surface area contributed by atoms with E-state index >= 15 is 0 Å². The molecule has 0 radical (unpaired) electrons. The molecule has 0 aromatic rings. The lowest BCUT2D eigenvalue weighted by Crippen LogP contribution is -2.40. The molecule has 0 heterocycles. The molecule has 0 saturated carbocycles. The Labute approximate surface area is 108 Å². The molecule has 0 saturated heterocycles. The Morgan fingerprint density at radius 1 is 0.722 bits per heavy atom. The summed E-state index contributed by atoms with van der Waals surface area (Å²) in [6.07, 6.45) is 2.02. The minimum atomic E-state index is -1.14. The third kappa shape index (κ3) is 7.97. The molecule has 0 amide bonds. The lowest BCUT2D eigenvalue weighted by molar-refractivity contribution is -0.382. The van der Waals surface area contributed by atoms with E-state index in [1.54, 1.807) is 0 Å². The summed E-state index contributed by atoms with van der Waals surface area (Å²) in [5.41, 5.74) is 0. The van der Waals surface area contributed by atoms with Crippen molar-refractivity contribution < 1.29 is 29.5 Å². The molecule has 6 heteroatoms. The number of aliphatic hydroxyl groups is 3. The standard InChI is InChI=1S/C12H26O6/c1-2-12(16-9-3-6-13,17-10-4-7-14)18-11-5-8-15/h13-15H,2-11H2,1H3. The molecule has 0 unspecified atom stereocenters. The van der Waals surface area contributed by atoms with Crippen molar-refractivity contribution in [2.45, 2.75) is 38.6 Å². The van der Waals surface area contributed by atoms with Gasteiger partial charge in [-0.1, -0.05) is 6.92 Å². The van der Waals surface area contributed by atoms with Crippen LogP contribution in [0.4, 0.5) is 0 Å². The zero-order valence-corrected chi connectivity index (χ0v) is 11.1. The first-order valence-electron chi connectivity index (χ1n) is 6.49. The highest BCUT2D eigenvalue weighted by Crippen LogP contribution is 2.21. The van der Waals surface area contributed by atoms with Crippen LogP contribution in [0.3, 0.4) is 0 Å². The monoisotopic (exact) mass is 266 g/mol. The Kier molecular flexibility index (Phi) is 11.7. The van der Waals surface area contributed by atoms with Crippen LogP contribution in [0.5, 0.6) is 0 Å². The van der Waals surface area contributed by atoms with Crippen LogP contribution in [0.15, 0.2) is 0 Å². The Hall–Kier alpha value is -0.240. The second kappa shape index (κ2) is 11.8. The van der Waals surface area contributed by atoms with Crippen molar-refractivity contribution in [2.24, 2.45) is 0 Å². The van der Waals surface area contributed by atoms with Crippen molar-refractivity contribution in [3.8, 4) is 0 Å². The van der Waals surface area contributed by atoms with Crippen LogP contribution in [-0.4, -0.2) is 60.9 Å². The summed E-state index contributed by atoms with van der Waals surface area (Å²) in [6, 6.07) is 0. The van der Waals surface area contributed by atoms with Crippen molar-refractivity contribution in [3.63, 3.8) is 0 Å². The van der Waals surface area contributed by atoms with Crippen LogP contribution >= 0.6 is 0 Å². The van der Waals surface area contributed by atoms with Gasteiger partial charge in [0, 0.05) is 26.2 Å². The van der Waals surface area contributed by atoms with Gasteiger partial charge in [-0.25, -0.2) is 0 Å². The second-order valence-corrected chi connectivity index (χ2v) is 3.81. The first kappa shape index (κ1) is 17.8. The van der Waals surface area contributed by atoms with E-state index in [9.17, 15) is 0 Å². The van der Waals surface area contributed by atoms with E-state index in [1.165, 1.54) is 0 Å². The SMILES string of the molecule is CCC(OCCCO)(OCCCO)OCCCO. The summed E-state index contributed by atoms with van der Waals surface area (Å²) in [5, 5.41) is 26.2. The van der Waals surface area contributed by atoms with Crippen molar-refractivity contribution in [3.05, 3.63) is 0 Å². The fourth-order valence-corrected chi connectivity index (χ4v) is 1.31. The fraction of sp³-hybridized carbons (Fsp3) is 1.00. The molecule has 3 N–H and O–H groups in total. The van der Waals surface area contributed by atoms with Gasteiger partial charge in [0.15, 0.2) is 0 Å². The van der Waals surface area contributed by atoms with E-state index in [-0.39, 0.29) is 19.8 Å². The molecule has 6 nitrogen and oxygen atoms in total. The van der Waals surface area contributed by atoms with E-state index in [1.807, 2.05) is 6.92 Å². The molecule has 0 aliphatic carbocycles. The topological polar surface area (TPSA) is 88.4 Å². The lowest BCUT2D eigenvalue weighted by Gasteiger charge is -2.32.